The van der Waals surface area contributed by atoms with Gasteiger partial charge in [-0.25, -0.2) is 0 Å². The number of carbonyl (C=O) groups excluding carboxylic acids is 12. The van der Waals surface area contributed by atoms with Crippen molar-refractivity contribution in [3.05, 3.63) is 29.8 Å². The Hall–Kier alpha value is -8.62. The fraction of sp³-hybridized carbons (Fsp3) is 0.596. The summed E-state index contributed by atoms with van der Waals surface area (Å²) in [7, 11) is 0. The molecule has 85 heavy (non-hydrogen) atoms. The molecule has 0 aromatic heterocycles. The summed E-state index contributed by atoms with van der Waals surface area (Å²) in [6.45, 7) is 1.34. The monoisotopic (exact) mass is 1220 g/mol. The number of carboxylic acids is 3. The first kappa shape index (κ1) is 68.9. The molecule has 1 aromatic carbocycles. The molecule has 468 valence electrons. The smallest absolute Gasteiger partial charge is 0.305 e. The van der Waals surface area contributed by atoms with Crippen molar-refractivity contribution in [3.63, 3.8) is 0 Å². The van der Waals surface area contributed by atoms with Crippen LogP contribution in [0.3, 0.4) is 0 Å². The number of hydrogen-bond donors (Lipinski definition) is 14. The van der Waals surface area contributed by atoms with Crippen molar-refractivity contribution >= 4 is 101 Å². The Kier molecular flexibility index (Phi) is 26.8. The Balaban J connectivity index is 1.48. The molecule has 3 aliphatic rings. The number of aliphatic hydroxyl groups excluding tert-OH is 1. The minimum absolute atomic E-state index is 0.0565. The van der Waals surface area contributed by atoms with Gasteiger partial charge in [-0.15, -0.1) is 0 Å². The lowest BCUT2D eigenvalue weighted by Crippen LogP contribution is -2.61. The lowest BCUT2D eigenvalue weighted by molar-refractivity contribution is -0.148. The van der Waals surface area contributed by atoms with E-state index in [9.17, 15) is 97.5 Å². The quantitative estimate of drug-likeness (QED) is 0.0320. The van der Waals surface area contributed by atoms with Crippen LogP contribution in [-0.2, 0) is 78.3 Å². The van der Waals surface area contributed by atoms with Crippen molar-refractivity contribution in [2.75, 3.05) is 44.8 Å². The van der Waals surface area contributed by atoms with Crippen LogP contribution >= 0.6 is 11.8 Å². The summed E-state index contributed by atoms with van der Waals surface area (Å²) in [5, 5.41) is 67.5. The summed E-state index contributed by atoms with van der Waals surface area (Å²) in [5.74, 6) is -15.8. The number of aliphatic hydroxyl groups is 1. The number of carboxylic acid groups (broad SMARTS) is 3. The van der Waals surface area contributed by atoms with Gasteiger partial charge in [0.25, 0.3) is 0 Å². The maximum Gasteiger partial charge on any atom is 0.305 e. The van der Waals surface area contributed by atoms with Crippen LogP contribution in [0.4, 0.5) is 0 Å². The first-order chi connectivity index (χ1) is 40.1. The van der Waals surface area contributed by atoms with Crippen LogP contribution in [0.5, 0.6) is 5.75 Å². The molecule has 3 heterocycles. The molecule has 0 spiro atoms. The number of nitrogens with two attached hydrogens (primary N) is 1. The van der Waals surface area contributed by atoms with Crippen LogP contribution in [0.25, 0.3) is 0 Å². The number of rotatable bonds is 32. The molecular weight excluding hydrogens is 1140 g/mol. The zero-order valence-electron chi connectivity index (χ0n) is 47.0. The number of thioether (sulfide) groups is 1. The molecular formula is C52H74N12O20S. The van der Waals surface area contributed by atoms with E-state index in [1.165, 1.54) is 59.7 Å². The van der Waals surface area contributed by atoms with Crippen LogP contribution in [0.15, 0.2) is 24.3 Å². The van der Waals surface area contributed by atoms with Crippen LogP contribution in [0.2, 0.25) is 0 Å². The van der Waals surface area contributed by atoms with Gasteiger partial charge in [-0.05, 0) is 88.0 Å². The van der Waals surface area contributed by atoms with Gasteiger partial charge in [-0.2, -0.15) is 11.8 Å². The summed E-state index contributed by atoms with van der Waals surface area (Å²) in [5.41, 5.74) is 5.72. The number of likely N-dealkylation sites (tertiary alicyclic amines) is 3. The van der Waals surface area contributed by atoms with Crippen molar-refractivity contribution < 1.29 is 97.5 Å². The molecule has 3 fully saturated rings. The molecule has 0 unspecified atom stereocenters. The Morgan fingerprint density at radius 3 is 1.61 bits per heavy atom. The van der Waals surface area contributed by atoms with Gasteiger partial charge in [0.1, 0.15) is 66.2 Å². The fourth-order valence-corrected chi connectivity index (χ4v) is 10.3. The second-order valence-electron chi connectivity index (χ2n) is 20.5. The number of aromatic hydroxyl groups is 1. The minimum Gasteiger partial charge on any atom is -0.508 e. The normalized spacial score (nSPS) is 18.8. The van der Waals surface area contributed by atoms with Crippen molar-refractivity contribution in [2.45, 2.75) is 151 Å². The predicted octanol–water partition coefficient (Wildman–Crippen LogP) is -5.50. The summed E-state index contributed by atoms with van der Waals surface area (Å²) >= 11 is 1.42. The Morgan fingerprint density at radius 2 is 1.07 bits per heavy atom. The number of nitrogens with zero attached hydrogens (tertiary/aromatic N) is 3. The molecule has 33 heteroatoms. The molecule has 32 nitrogen and oxygen atoms in total. The molecule has 0 aliphatic carbocycles. The molecule has 3 saturated heterocycles. The summed E-state index contributed by atoms with van der Waals surface area (Å²) < 4.78 is 0. The highest BCUT2D eigenvalue weighted by Gasteiger charge is 2.45. The molecule has 15 N–H and O–H groups in total. The number of phenols is 1. The first-order valence-corrected chi connectivity index (χ1v) is 28.6. The average molecular weight is 1220 g/mol. The van der Waals surface area contributed by atoms with E-state index in [4.69, 9.17) is 5.73 Å². The van der Waals surface area contributed by atoms with E-state index < -0.39 is 188 Å². The molecule has 12 amide bonds. The second kappa shape index (κ2) is 33.0. The third-order valence-electron chi connectivity index (χ3n) is 14.1. The van der Waals surface area contributed by atoms with E-state index in [0.717, 1.165) is 4.90 Å². The standard InChI is InChI=1S/C52H74N12O20S/c1-26(55-49(81)37-8-5-18-63(37)52(84)38-9-6-19-64(38)50(82)31(16-20-85-3)56-39(68)24-54-27(2)66)44(76)58-33(22-41(71)72)47(79)57-30(14-15-40(69)70)45(77)60-34(23-42(73)74)48(80)59-32(21-28-10-12-29(67)13-11-28)46(78)61-35(25-65)51(83)62-17-4-7-36(62)43(53)75/h10-13,26,30-38,65,67H,4-9,14-25H2,1-3H3,(H2,53,75)(H,54,66)(H,55,81)(H,56,68)(H,57,79)(H,58,76)(H,59,80)(H,60,77)(H,61,78)(H,69,70)(H,71,72)(H,73,74)/t26-,30-,31-,32-,33-,34-,35-,36-,37-,38-/m0/s1. The second-order valence-corrected chi connectivity index (χ2v) is 21.5. The van der Waals surface area contributed by atoms with Gasteiger partial charge in [-0.1, -0.05) is 12.1 Å². The van der Waals surface area contributed by atoms with Gasteiger partial charge in [0.15, 0.2) is 0 Å². The molecule has 0 radical (unpaired) electrons. The van der Waals surface area contributed by atoms with Crippen molar-refractivity contribution in [2.24, 2.45) is 5.73 Å². The number of aliphatic carboxylic acids is 3. The van der Waals surface area contributed by atoms with Gasteiger partial charge in [-0.3, -0.25) is 71.9 Å². The zero-order chi connectivity index (χ0) is 63.2. The molecule has 10 atom stereocenters. The molecule has 1 aromatic rings. The molecule has 0 saturated carbocycles. The lowest BCUT2D eigenvalue weighted by Gasteiger charge is -2.33. The highest BCUT2D eigenvalue weighted by molar-refractivity contribution is 7.98. The van der Waals surface area contributed by atoms with E-state index in [1.54, 1.807) is 6.26 Å². The Bertz CT molecular complexity index is 2680. The number of benzene rings is 1. The van der Waals surface area contributed by atoms with E-state index >= 15 is 0 Å². The van der Waals surface area contributed by atoms with Crippen LogP contribution in [-0.4, -0.2) is 234 Å². The third-order valence-corrected chi connectivity index (χ3v) is 14.8. The summed E-state index contributed by atoms with van der Waals surface area (Å²) in [6, 6.07) is -10.2. The predicted molar refractivity (Wildman–Crippen MR) is 295 cm³/mol. The lowest BCUT2D eigenvalue weighted by atomic mass is 10.0. The van der Waals surface area contributed by atoms with Gasteiger partial charge < -0.3 is 88.5 Å². The number of nitrogens with one attached hydrogen (secondary N) is 8. The number of primary amides is 1. The van der Waals surface area contributed by atoms with Crippen LogP contribution < -0.4 is 48.3 Å². The van der Waals surface area contributed by atoms with Gasteiger partial charge in [0.05, 0.1) is 26.0 Å². The van der Waals surface area contributed by atoms with Gasteiger partial charge in [0.2, 0.25) is 70.9 Å². The topological polar surface area (TPSA) is 489 Å². The number of carbonyl (C=O) groups is 15. The largest absolute Gasteiger partial charge is 0.508 e. The van der Waals surface area contributed by atoms with E-state index in [2.05, 4.69) is 42.5 Å². The highest BCUT2D eigenvalue weighted by Crippen LogP contribution is 2.27. The summed E-state index contributed by atoms with van der Waals surface area (Å²) in [4.78, 5) is 200. The maximum absolute atomic E-state index is 14.1. The third kappa shape index (κ3) is 20.9. The van der Waals surface area contributed by atoms with E-state index in [-0.39, 0.29) is 63.2 Å². The van der Waals surface area contributed by atoms with Crippen LogP contribution in [0, 0.1) is 0 Å². The van der Waals surface area contributed by atoms with E-state index in [0.29, 0.717) is 25.0 Å². The van der Waals surface area contributed by atoms with Crippen LogP contribution in [0.1, 0.15) is 90.0 Å². The molecule has 4 rings (SSSR count). The number of hydrogen-bond acceptors (Lipinski definition) is 18. The van der Waals surface area contributed by atoms with Gasteiger partial charge in [0, 0.05) is 39.4 Å². The van der Waals surface area contributed by atoms with Crippen molar-refractivity contribution in [1.82, 2.24) is 57.2 Å². The van der Waals surface area contributed by atoms with Gasteiger partial charge >= 0.3 is 17.9 Å². The zero-order valence-corrected chi connectivity index (χ0v) is 47.8. The highest BCUT2D eigenvalue weighted by atomic mass is 32.2. The number of phenolic OH excluding ortho intramolecular Hbond substituents is 1. The fourth-order valence-electron chi connectivity index (χ4n) is 9.78. The first-order valence-electron chi connectivity index (χ1n) is 27.3. The Labute approximate surface area is 491 Å². The molecule has 0 bridgehead atoms. The minimum atomic E-state index is -2.12. The Morgan fingerprint density at radius 1 is 0.588 bits per heavy atom. The number of amides is 12. The van der Waals surface area contributed by atoms with Crippen molar-refractivity contribution in [1.29, 1.82) is 0 Å². The maximum atomic E-state index is 14.1. The average Bonchev–Trinajstić information content (AvgIpc) is 4.28. The SMILES string of the molecule is CSCC[C@H](NC(=O)CNC(C)=O)C(=O)N1CCC[C@H]1C(=O)N1CCC[C@H]1C(=O)N[C@@H](C)C(=O)N[C@@H](CC(=O)O)C(=O)N[C@@H](CCC(=O)O)C(=O)N[C@@H](CC(=O)O)C(=O)N[C@@H](Cc1ccc(O)cc1)C(=O)N[C@@H](CO)C(=O)N1CCC[C@H]1C(N)=O. The molecule has 3 aliphatic heterocycles. The summed E-state index contributed by atoms with van der Waals surface area (Å²) in [6.07, 6.45) is -0.697. The van der Waals surface area contributed by atoms with E-state index in [1.807, 2.05) is 0 Å². The van der Waals surface area contributed by atoms with Crippen molar-refractivity contribution in [3.8, 4) is 5.75 Å².